The summed E-state index contributed by atoms with van der Waals surface area (Å²) >= 11 is 0. The van der Waals surface area contributed by atoms with E-state index in [4.69, 9.17) is 9.47 Å². The van der Waals surface area contributed by atoms with Gasteiger partial charge in [-0.15, -0.1) is 0 Å². The van der Waals surface area contributed by atoms with Crippen LogP contribution in [-0.2, 0) is 16.0 Å². The molecular weight excluding hydrogens is 368 g/mol. The van der Waals surface area contributed by atoms with Gasteiger partial charge in [0, 0.05) is 24.3 Å². The maximum Gasteiger partial charge on any atom is 0.262 e. The summed E-state index contributed by atoms with van der Waals surface area (Å²) in [7, 11) is 0. The van der Waals surface area contributed by atoms with Gasteiger partial charge in [-0.2, -0.15) is 0 Å². The smallest absolute Gasteiger partial charge is 0.262 e. The Hall–Kier alpha value is -3.02. The van der Waals surface area contributed by atoms with Gasteiger partial charge in [-0.1, -0.05) is 13.3 Å². The molecule has 0 bridgehead atoms. The Morgan fingerprint density at radius 2 is 1.76 bits per heavy atom. The highest BCUT2D eigenvalue weighted by Crippen LogP contribution is 2.30. The first-order valence-electron chi connectivity index (χ1n) is 10.2. The van der Waals surface area contributed by atoms with Gasteiger partial charge in [0.2, 0.25) is 5.91 Å². The second-order valence-corrected chi connectivity index (χ2v) is 6.98. The minimum Gasteiger partial charge on any atom is -0.494 e. The normalized spacial score (nSPS) is 13.0. The third-order valence-electron chi connectivity index (χ3n) is 4.80. The molecule has 29 heavy (non-hydrogen) atoms. The van der Waals surface area contributed by atoms with Crippen molar-refractivity contribution in [1.29, 1.82) is 0 Å². The van der Waals surface area contributed by atoms with Gasteiger partial charge < -0.3 is 19.7 Å². The number of hydrogen-bond acceptors (Lipinski definition) is 4. The van der Waals surface area contributed by atoms with Gasteiger partial charge in [-0.3, -0.25) is 9.59 Å². The van der Waals surface area contributed by atoms with Gasteiger partial charge >= 0.3 is 0 Å². The van der Waals surface area contributed by atoms with Crippen molar-refractivity contribution in [3.05, 3.63) is 48.0 Å². The van der Waals surface area contributed by atoms with Crippen LogP contribution in [0.4, 0.5) is 11.4 Å². The number of nitrogens with zero attached hydrogens (tertiary/aromatic N) is 1. The number of amides is 2. The van der Waals surface area contributed by atoms with E-state index in [1.54, 1.807) is 12.1 Å². The fourth-order valence-corrected chi connectivity index (χ4v) is 3.34. The van der Waals surface area contributed by atoms with Crippen molar-refractivity contribution >= 4 is 23.2 Å². The lowest BCUT2D eigenvalue weighted by atomic mass is 10.00. The minimum atomic E-state index is -0.228. The maximum absolute atomic E-state index is 12.3. The Morgan fingerprint density at radius 3 is 2.45 bits per heavy atom. The molecule has 2 aromatic rings. The Labute approximate surface area is 171 Å². The SMILES string of the molecule is CCCCN1C(=O)CCc2cc(NC(=O)COc3ccc(OCC)cc3)ccc21. The number of ether oxygens (including phenoxy) is 2. The lowest BCUT2D eigenvalue weighted by Crippen LogP contribution is -2.35. The topological polar surface area (TPSA) is 67.9 Å². The molecule has 0 aromatic heterocycles. The highest BCUT2D eigenvalue weighted by molar-refractivity contribution is 5.97. The standard InChI is InChI=1S/C23H28N2O4/c1-3-5-14-25-21-12-7-18(15-17(21)6-13-23(25)27)24-22(26)16-29-20-10-8-19(9-11-20)28-4-2/h7-12,15H,3-6,13-14,16H2,1-2H3,(H,24,26). The molecule has 1 N–H and O–H groups in total. The summed E-state index contributed by atoms with van der Waals surface area (Å²) in [5, 5.41) is 2.87. The zero-order valence-corrected chi connectivity index (χ0v) is 17.1. The van der Waals surface area contributed by atoms with Crippen LogP contribution in [0, 0.1) is 0 Å². The van der Waals surface area contributed by atoms with E-state index < -0.39 is 0 Å². The van der Waals surface area contributed by atoms with Crippen LogP contribution < -0.4 is 19.7 Å². The molecule has 154 valence electrons. The number of fused-ring (bicyclic) bond motifs is 1. The molecule has 6 nitrogen and oxygen atoms in total. The van der Waals surface area contributed by atoms with Gasteiger partial charge in [-0.05, 0) is 67.8 Å². The Balaban J connectivity index is 1.57. The number of hydrogen-bond donors (Lipinski definition) is 1. The number of carbonyl (C=O) groups excluding carboxylic acids is 2. The zero-order valence-electron chi connectivity index (χ0n) is 17.1. The molecule has 0 saturated carbocycles. The predicted molar refractivity (Wildman–Crippen MR) is 114 cm³/mol. The summed E-state index contributed by atoms with van der Waals surface area (Å²) in [6, 6.07) is 12.9. The molecule has 0 saturated heterocycles. The molecule has 0 aliphatic carbocycles. The molecule has 1 aliphatic rings. The summed E-state index contributed by atoms with van der Waals surface area (Å²) in [5.41, 5.74) is 2.76. The van der Waals surface area contributed by atoms with Gasteiger partial charge in [0.15, 0.2) is 6.61 Å². The number of nitrogens with one attached hydrogen (secondary N) is 1. The number of aryl methyl sites for hydroxylation is 1. The van der Waals surface area contributed by atoms with E-state index in [0.29, 0.717) is 30.9 Å². The van der Waals surface area contributed by atoms with Crippen molar-refractivity contribution in [2.45, 2.75) is 39.5 Å². The molecule has 3 rings (SSSR count). The van der Waals surface area contributed by atoms with Crippen LogP contribution in [0.3, 0.4) is 0 Å². The fourth-order valence-electron chi connectivity index (χ4n) is 3.34. The molecule has 1 heterocycles. The van der Waals surface area contributed by atoms with Gasteiger partial charge in [-0.25, -0.2) is 0 Å². The summed E-state index contributed by atoms with van der Waals surface area (Å²) in [6.07, 6.45) is 3.23. The quantitative estimate of drug-likeness (QED) is 0.690. The van der Waals surface area contributed by atoms with Crippen molar-refractivity contribution in [3.8, 4) is 11.5 Å². The largest absolute Gasteiger partial charge is 0.494 e. The second kappa shape index (κ2) is 9.96. The average molecular weight is 396 g/mol. The molecule has 6 heteroatoms. The molecule has 2 amide bonds. The molecule has 0 unspecified atom stereocenters. The Morgan fingerprint density at radius 1 is 1.03 bits per heavy atom. The number of carbonyl (C=O) groups is 2. The van der Waals surface area contributed by atoms with Gasteiger partial charge in [0.25, 0.3) is 5.91 Å². The van der Waals surface area contributed by atoms with E-state index in [9.17, 15) is 9.59 Å². The van der Waals surface area contributed by atoms with Crippen molar-refractivity contribution in [3.63, 3.8) is 0 Å². The number of unbranched alkanes of at least 4 members (excludes halogenated alkanes) is 1. The van der Waals surface area contributed by atoms with Crippen LogP contribution in [0.5, 0.6) is 11.5 Å². The number of benzene rings is 2. The molecular formula is C23H28N2O4. The van der Waals surface area contributed by atoms with Gasteiger partial charge in [0.05, 0.1) is 6.61 Å². The molecule has 0 atom stereocenters. The molecule has 2 aromatic carbocycles. The summed E-state index contributed by atoms with van der Waals surface area (Å²) in [6.45, 7) is 5.31. The molecule has 0 fully saturated rings. The lowest BCUT2D eigenvalue weighted by Gasteiger charge is -2.29. The second-order valence-electron chi connectivity index (χ2n) is 6.98. The van der Waals surface area contributed by atoms with E-state index in [0.717, 1.165) is 36.4 Å². The van der Waals surface area contributed by atoms with Gasteiger partial charge in [0.1, 0.15) is 11.5 Å². The van der Waals surface area contributed by atoms with E-state index >= 15 is 0 Å². The summed E-state index contributed by atoms with van der Waals surface area (Å²) < 4.78 is 10.9. The van der Waals surface area contributed by atoms with Crippen LogP contribution >= 0.6 is 0 Å². The zero-order chi connectivity index (χ0) is 20.6. The van der Waals surface area contributed by atoms with Crippen molar-refractivity contribution in [1.82, 2.24) is 0 Å². The maximum atomic E-state index is 12.3. The van der Waals surface area contributed by atoms with Crippen molar-refractivity contribution in [2.75, 3.05) is 30.0 Å². The van der Waals surface area contributed by atoms with Crippen LogP contribution in [-0.4, -0.2) is 31.6 Å². The first kappa shape index (κ1) is 20.7. The number of rotatable bonds is 9. The Bertz CT molecular complexity index is 848. The third kappa shape index (κ3) is 5.50. The first-order chi connectivity index (χ1) is 14.1. The lowest BCUT2D eigenvalue weighted by molar-refractivity contribution is -0.119. The highest BCUT2D eigenvalue weighted by atomic mass is 16.5. The molecule has 0 spiro atoms. The molecule has 0 radical (unpaired) electrons. The third-order valence-corrected chi connectivity index (χ3v) is 4.80. The van der Waals surface area contributed by atoms with Crippen molar-refractivity contribution in [2.24, 2.45) is 0 Å². The Kier molecular flexibility index (Phi) is 7.11. The number of anilines is 2. The van der Waals surface area contributed by atoms with E-state index in [1.807, 2.05) is 42.2 Å². The predicted octanol–water partition coefficient (Wildman–Crippen LogP) is 4.18. The van der Waals surface area contributed by atoms with Crippen LogP contribution in [0.2, 0.25) is 0 Å². The summed E-state index contributed by atoms with van der Waals surface area (Å²) in [4.78, 5) is 26.4. The first-order valence-corrected chi connectivity index (χ1v) is 10.2. The minimum absolute atomic E-state index is 0.0772. The molecule has 1 aliphatic heterocycles. The average Bonchev–Trinajstić information content (AvgIpc) is 2.73. The van der Waals surface area contributed by atoms with E-state index in [1.165, 1.54) is 0 Å². The van der Waals surface area contributed by atoms with Crippen LogP contribution in [0.15, 0.2) is 42.5 Å². The van der Waals surface area contributed by atoms with Crippen molar-refractivity contribution < 1.29 is 19.1 Å². The monoisotopic (exact) mass is 396 g/mol. The summed E-state index contributed by atoms with van der Waals surface area (Å²) in [5.74, 6) is 1.32. The van der Waals surface area contributed by atoms with E-state index in [2.05, 4.69) is 12.2 Å². The van der Waals surface area contributed by atoms with Crippen LogP contribution in [0.25, 0.3) is 0 Å². The van der Waals surface area contributed by atoms with E-state index in [-0.39, 0.29) is 18.4 Å². The van der Waals surface area contributed by atoms with Crippen LogP contribution in [0.1, 0.15) is 38.7 Å². The fraction of sp³-hybridized carbons (Fsp3) is 0.391. The highest BCUT2D eigenvalue weighted by Gasteiger charge is 2.23.